The minimum Gasteiger partial charge on any atom is -0.375 e. The van der Waals surface area contributed by atoms with Gasteiger partial charge in [-0.25, -0.2) is 0 Å². The van der Waals surface area contributed by atoms with Crippen LogP contribution in [-0.4, -0.2) is 18.1 Å². The summed E-state index contributed by atoms with van der Waals surface area (Å²) in [6, 6.07) is 3.67. The molecule has 0 bridgehead atoms. The molecule has 0 aliphatic carbocycles. The molecule has 82 valence electrons. The molecule has 0 saturated heterocycles. The van der Waals surface area contributed by atoms with Gasteiger partial charge in [0, 0.05) is 12.6 Å². The highest BCUT2D eigenvalue weighted by Gasteiger charge is 2.13. The van der Waals surface area contributed by atoms with Crippen LogP contribution in [0.2, 0.25) is 0 Å². The second-order valence-electron chi connectivity index (χ2n) is 2.88. The fraction of sp³-hybridized carbons (Fsp3) is 0.333. The number of ether oxygens (including phenoxy) is 1. The molecular formula is C9H11FN2O3. The fourth-order valence-electron chi connectivity index (χ4n) is 1.06. The van der Waals surface area contributed by atoms with Crippen LogP contribution in [0.5, 0.6) is 0 Å². The van der Waals surface area contributed by atoms with Crippen molar-refractivity contribution in [1.82, 2.24) is 0 Å². The van der Waals surface area contributed by atoms with E-state index in [1.54, 1.807) is 0 Å². The Balaban J connectivity index is 2.69. The van der Waals surface area contributed by atoms with Crippen molar-refractivity contribution in [1.29, 1.82) is 0 Å². The molecule has 0 atom stereocenters. The Labute approximate surface area is 85.8 Å². The molecule has 0 spiro atoms. The van der Waals surface area contributed by atoms with Crippen molar-refractivity contribution in [3.63, 3.8) is 0 Å². The van der Waals surface area contributed by atoms with Crippen LogP contribution in [0.15, 0.2) is 18.2 Å². The maximum Gasteiger partial charge on any atom is 0.304 e. The Bertz CT molecular complexity index is 357. The number of nitrogens with zero attached hydrogens (tertiary/aromatic N) is 1. The molecule has 1 aromatic carbocycles. The van der Waals surface area contributed by atoms with E-state index in [2.05, 4.69) is 0 Å². The maximum atomic E-state index is 13.1. The van der Waals surface area contributed by atoms with Crippen molar-refractivity contribution in [2.45, 2.75) is 6.61 Å². The Hall–Kier alpha value is -1.53. The molecule has 15 heavy (non-hydrogen) atoms. The summed E-state index contributed by atoms with van der Waals surface area (Å²) in [5.41, 5.74) is 5.22. The number of hydrogen-bond acceptors (Lipinski definition) is 4. The number of halogens is 1. The van der Waals surface area contributed by atoms with Crippen molar-refractivity contribution < 1.29 is 14.1 Å². The van der Waals surface area contributed by atoms with E-state index in [9.17, 15) is 14.5 Å². The Morgan fingerprint density at radius 3 is 2.80 bits per heavy atom. The molecule has 0 aliphatic heterocycles. The minimum absolute atomic E-state index is 0.201. The molecule has 0 unspecified atom stereocenters. The van der Waals surface area contributed by atoms with E-state index < -0.39 is 16.4 Å². The van der Waals surface area contributed by atoms with Gasteiger partial charge in [-0.2, -0.15) is 4.39 Å². The third kappa shape index (κ3) is 3.26. The van der Waals surface area contributed by atoms with E-state index in [1.807, 2.05) is 0 Å². The van der Waals surface area contributed by atoms with Crippen molar-refractivity contribution in [3.05, 3.63) is 39.7 Å². The van der Waals surface area contributed by atoms with E-state index in [0.717, 1.165) is 12.1 Å². The maximum absolute atomic E-state index is 13.1. The lowest BCUT2D eigenvalue weighted by Crippen LogP contribution is -2.08. The monoisotopic (exact) mass is 214 g/mol. The van der Waals surface area contributed by atoms with Crippen LogP contribution in [0, 0.1) is 15.9 Å². The lowest BCUT2D eigenvalue weighted by atomic mass is 10.2. The Morgan fingerprint density at radius 1 is 1.53 bits per heavy atom. The summed E-state index contributed by atoms with van der Waals surface area (Å²) >= 11 is 0. The average molecular weight is 214 g/mol. The van der Waals surface area contributed by atoms with Crippen molar-refractivity contribution in [2.24, 2.45) is 5.73 Å². The van der Waals surface area contributed by atoms with Gasteiger partial charge in [-0.15, -0.1) is 0 Å². The molecule has 6 heteroatoms. The zero-order valence-electron chi connectivity index (χ0n) is 7.98. The van der Waals surface area contributed by atoms with Gasteiger partial charge >= 0.3 is 5.69 Å². The first kappa shape index (κ1) is 11.5. The molecule has 1 aromatic rings. The summed E-state index contributed by atoms with van der Waals surface area (Å²) in [6.07, 6.45) is 0. The number of nitrogens with two attached hydrogens (primary N) is 1. The van der Waals surface area contributed by atoms with Crippen LogP contribution in [0.1, 0.15) is 5.56 Å². The zero-order chi connectivity index (χ0) is 11.3. The molecule has 5 nitrogen and oxygen atoms in total. The molecule has 1 rings (SSSR count). The molecule has 0 aromatic heterocycles. The SMILES string of the molecule is NCCOCc1ccc([N+](=O)[O-])c(F)c1. The summed E-state index contributed by atoms with van der Waals surface area (Å²) in [6.45, 7) is 0.959. The van der Waals surface area contributed by atoms with Crippen molar-refractivity contribution >= 4 is 5.69 Å². The second-order valence-corrected chi connectivity index (χ2v) is 2.88. The van der Waals surface area contributed by atoms with E-state index >= 15 is 0 Å². The topological polar surface area (TPSA) is 78.4 Å². The normalized spacial score (nSPS) is 10.3. The van der Waals surface area contributed by atoms with Gasteiger partial charge in [0.25, 0.3) is 0 Å². The lowest BCUT2D eigenvalue weighted by molar-refractivity contribution is -0.387. The first-order valence-corrected chi connectivity index (χ1v) is 4.35. The number of hydrogen-bond donors (Lipinski definition) is 1. The highest BCUT2D eigenvalue weighted by atomic mass is 19.1. The molecule has 0 heterocycles. The molecule has 0 amide bonds. The smallest absolute Gasteiger partial charge is 0.304 e. The largest absolute Gasteiger partial charge is 0.375 e. The molecule has 2 N–H and O–H groups in total. The van der Waals surface area contributed by atoms with Gasteiger partial charge in [0.1, 0.15) is 0 Å². The molecule has 0 fully saturated rings. The van der Waals surface area contributed by atoms with Gasteiger partial charge in [0.15, 0.2) is 0 Å². The third-order valence-corrected chi connectivity index (χ3v) is 1.74. The first-order chi connectivity index (χ1) is 7.15. The van der Waals surface area contributed by atoms with Gasteiger partial charge in [0.05, 0.1) is 18.1 Å². The zero-order valence-corrected chi connectivity index (χ0v) is 7.98. The predicted octanol–water partition coefficient (Wildman–Crippen LogP) is 1.21. The quantitative estimate of drug-likeness (QED) is 0.454. The van der Waals surface area contributed by atoms with Crippen LogP contribution in [0.25, 0.3) is 0 Å². The van der Waals surface area contributed by atoms with Gasteiger partial charge in [0.2, 0.25) is 5.82 Å². The highest BCUT2D eigenvalue weighted by Crippen LogP contribution is 2.18. The Kier molecular flexibility index (Phi) is 4.14. The average Bonchev–Trinajstić information content (AvgIpc) is 2.17. The summed E-state index contributed by atoms with van der Waals surface area (Å²) in [5.74, 6) is -0.853. The fourth-order valence-corrected chi connectivity index (χ4v) is 1.06. The standard InChI is InChI=1S/C9H11FN2O3/c10-8-5-7(6-15-4-3-11)1-2-9(8)12(13)14/h1-2,5H,3-4,6,11H2. The first-order valence-electron chi connectivity index (χ1n) is 4.35. The summed E-state index contributed by atoms with van der Waals surface area (Å²) < 4.78 is 18.2. The van der Waals surface area contributed by atoms with Crippen molar-refractivity contribution in [3.8, 4) is 0 Å². The number of benzene rings is 1. The van der Waals surface area contributed by atoms with Crippen LogP contribution in [-0.2, 0) is 11.3 Å². The Morgan fingerprint density at radius 2 is 2.27 bits per heavy atom. The summed E-state index contributed by atoms with van der Waals surface area (Å²) in [5, 5.41) is 10.3. The summed E-state index contributed by atoms with van der Waals surface area (Å²) in [7, 11) is 0. The number of rotatable bonds is 5. The molecule has 0 aliphatic rings. The van der Waals surface area contributed by atoms with E-state index in [0.29, 0.717) is 18.7 Å². The molecule has 0 saturated carbocycles. The van der Waals surface area contributed by atoms with Crippen LogP contribution in [0.3, 0.4) is 0 Å². The van der Waals surface area contributed by atoms with Gasteiger partial charge in [-0.3, -0.25) is 10.1 Å². The number of nitro benzene ring substituents is 1. The third-order valence-electron chi connectivity index (χ3n) is 1.74. The second kappa shape index (κ2) is 5.38. The molecular weight excluding hydrogens is 203 g/mol. The highest BCUT2D eigenvalue weighted by molar-refractivity contribution is 5.34. The van der Waals surface area contributed by atoms with Crippen LogP contribution in [0.4, 0.5) is 10.1 Å². The van der Waals surface area contributed by atoms with E-state index in [-0.39, 0.29) is 6.61 Å². The lowest BCUT2D eigenvalue weighted by Gasteiger charge is -2.02. The van der Waals surface area contributed by atoms with Gasteiger partial charge in [-0.05, 0) is 17.7 Å². The van der Waals surface area contributed by atoms with Gasteiger partial charge < -0.3 is 10.5 Å². The van der Waals surface area contributed by atoms with E-state index in [1.165, 1.54) is 6.07 Å². The minimum atomic E-state index is -0.853. The van der Waals surface area contributed by atoms with Crippen molar-refractivity contribution in [2.75, 3.05) is 13.2 Å². The van der Waals surface area contributed by atoms with E-state index in [4.69, 9.17) is 10.5 Å². The van der Waals surface area contributed by atoms with Crippen LogP contribution < -0.4 is 5.73 Å². The number of nitro groups is 1. The van der Waals surface area contributed by atoms with Gasteiger partial charge in [-0.1, -0.05) is 0 Å². The van der Waals surface area contributed by atoms with Crippen LogP contribution >= 0.6 is 0 Å². The predicted molar refractivity (Wildman–Crippen MR) is 51.8 cm³/mol. The summed E-state index contributed by atoms with van der Waals surface area (Å²) in [4.78, 5) is 9.55. The molecule has 0 radical (unpaired) electrons.